The normalized spacial score (nSPS) is 21.6. The van der Waals surface area contributed by atoms with Gasteiger partial charge in [-0.15, -0.1) is 0 Å². The molecule has 4 rings (SSSR count). The number of carbonyl (C=O) groups is 2. The predicted molar refractivity (Wildman–Crippen MR) is 140 cm³/mol. The Morgan fingerprint density at radius 2 is 1.64 bits per heavy atom. The van der Waals surface area contributed by atoms with E-state index in [1.54, 1.807) is 11.6 Å². The molecular weight excluding hydrogens is 454 g/mol. The van der Waals surface area contributed by atoms with Crippen molar-refractivity contribution in [3.63, 3.8) is 0 Å². The number of carbonyl (C=O) groups excluding carboxylic acids is 2. The van der Waals surface area contributed by atoms with Gasteiger partial charge in [0.05, 0.1) is 0 Å². The van der Waals surface area contributed by atoms with E-state index in [0.29, 0.717) is 11.8 Å². The van der Waals surface area contributed by atoms with Crippen LogP contribution in [-0.4, -0.2) is 53.8 Å². The molecule has 0 spiro atoms. The van der Waals surface area contributed by atoms with Gasteiger partial charge >= 0.3 is 5.97 Å². The molecule has 1 aliphatic heterocycles. The lowest BCUT2D eigenvalue weighted by Gasteiger charge is -2.35. The second kappa shape index (κ2) is 13.9. The first kappa shape index (κ1) is 26.8. The van der Waals surface area contributed by atoms with E-state index in [1.165, 1.54) is 43.7 Å². The number of esters is 1. The van der Waals surface area contributed by atoms with E-state index in [9.17, 15) is 9.59 Å². The van der Waals surface area contributed by atoms with Crippen LogP contribution in [-0.2, 0) is 20.9 Å². The maximum Gasteiger partial charge on any atom is 0.323 e. The zero-order chi connectivity index (χ0) is 25.2. The first-order chi connectivity index (χ1) is 17.6. The van der Waals surface area contributed by atoms with Crippen molar-refractivity contribution in [1.82, 2.24) is 15.7 Å². The number of hydrogen-bond acceptors (Lipinski definition) is 6. The zero-order valence-electron chi connectivity index (χ0n) is 21.5. The summed E-state index contributed by atoms with van der Waals surface area (Å²) in [6.07, 6.45) is 15.9. The van der Waals surface area contributed by atoms with Crippen molar-refractivity contribution in [3.05, 3.63) is 41.5 Å². The fraction of sp³-hybridized carbons (Fsp3) is 0.655. The summed E-state index contributed by atoms with van der Waals surface area (Å²) in [5, 5.41) is 12.3. The van der Waals surface area contributed by atoms with Gasteiger partial charge in [-0.1, -0.05) is 43.5 Å². The molecule has 36 heavy (non-hydrogen) atoms. The van der Waals surface area contributed by atoms with E-state index in [-0.39, 0.29) is 18.1 Å². The molecule has 7 nitrogen and oxygen atoms in total. The Labute approximate surface area is 215 Å². The third-order valence-electron chi connectivity index (χ3n) is 8.22. The molecule has 0 aromatic heterocycles. The highest BCUT2D eigenvalue weighted by Crippen LogP contribution is 2.29. The van der Waals surface area contributed by atoms with Crippen LogP contribution in [0.4, 0.5) is 0 Å². The smallest absolute Gasteiger partial charge is 0.323 e. The van der Waals surface area contributed by atoms with Crippen molar-refractivity contribution in [2.45, 2.75) is 89.3 Å². The summed E-state index contributed by atoms with van der Waals surface area (Å²) < 4.78 is 5.95. The Morgan fingerprint density at radius 1 is 0.972 bits per heavy atom. The highest BCUT2D eigenvalue weighted by molar-refractivity contribution is 5.90. The van der Waals surface area contributed by atoms with Crippen molar-refractivity contribution in [3.8, 4) is 0 Å². The molecule has 3 N–H and O–H groups in total. The van der Waals surface area contributed by atoms with Crippen LogP contribution in [0.3, 0.4) is 0 Å². The van der Waals surface area contributed by atoms with E-state index in [1.807, 2.05) is 12.1 Å². The number of hydrogen-bond donors (Lipinski definition) is 3. The fourth-order valence-corrected chi connectivity index (χ4v) is 6.00. The van der Waals surface area contributed by atoms with E-state index >= 15 is 0 Å². The molecule has 1 aromatic rings. The Kier molecular flexibility index (Phi) is 10.4. The van der Waals surface area contributed by atoms with Crippen molar-refractivity contribution >= 4 is 18.0 Å². The van der Waals surface area contributed by atoms with Crippen molar-refractivity contribution in [2.24, 2.45) is 11.8 Å². The van der Waals surface area contributed by atoms with Gasteiger partial charge in [0.15, 0.2) is 0 Å². The standard InChI is InChI=1S/C29H43N3O4/c33-27(31-35)15-14-22-10-12-24(13-11-22)21-32-18-16-23(17-19-32)20-30-28(25-6-2-1-3-7-25)29(34)36-26-8-4-5-9-26/h10-15,23,25-26,28,30,35H,1-9,16-21H2,(H,31,33)/t28-/m0/s1. The van der Waals surface area contributed by atoms with Crippen LogP contribution in [0.15, 0.2) is 30.3 Å². The van der Waals surface area contributed by atoms with Gasteiger partial charge in [-0.2, -0.15) is 0 Å². The van der Waals surface area contributed by atoms with Crippen LogP contribution in [0, 0.1) is 11.8 Å². The summed E-state index contributed by atoms with van der Waals surface area (Å²) in [5.41, 5.74) is 3.77. The number of amides is 1. The van der Waals surface area contributed by atoms with Gasteiger partial charge in [0.25, 0.3) is 5.91 Å². The number of nitrogens with zero attached hydrogens (tertiary/aromatic N) is 1. The lowest BCUT2D eigenvalue weighted by molar-refractivity contribution is -0.153. The van der Waals surface area contributed by atoms with E-state index < -0.39 is 5.91 Å². The van der Waals surface area contributed by atoms with Crippen LogP contribution >= 0.6 is 0 Å². The molecule has 0 radical (unpaired) electrons. The summed E-state index contributed by atoms with van der Waals surface area (Å²) in [6.45, 7) is 3.94. The predicted octanol–water partition coefficient (Wildman–Crippen LogP) is 4.44. The number of hydroxylamine groups is 1. The number of ether oxygens (including phenoxy) is 1. The van der Waals surface area contributed by atoms with Crippen molar-refractivity contribution in [2.75, 3.05) is 19.6 Å². The van der Waals surface area contributed by atoms with Gasteiger partial charge in [0, 0.05) is 12.6 Å². The van der Waals surface area contributed by atoms with E-state index in [4.69, 9.17) is 9.94 Å². The average Bonchev–Trinajstić information content (AvgIpc) is 3.43. The van der Waals surface area contributed by atoms with Gasteiger partial charge in [0.1, 0.15) is 12.1 Å². The first-order valence-electron chi connectivity index (χ1n) is 14.0. The molecule has 1 heterocycles. The summed E-state index contributed by atoms with van der Waals surface area (Å²) in [6, 6.07) is 8.02. The van der Waals surface area contributed by atoms with Gasteiger partial charge in [-0.05, 0) is 100 Å². The lowest BCUT2D eigenvalue weighted by Crippen LogP contribution is -2.48. The average molecular weight is 498 g/mol. The molecule has 1 atom stereocenters. The molecule has 1 amide bonds. The molecule has 1 aromatic carbocycles. The van der Waals surface area contributed by atoms with Gasteiger partial charge in [-0.25, -0.2) is 5.48 Å². The van der Waals surface area contributed by atoms with Crippen LogP contribution in [0.1, 0.15) is 81.8 Å². The van der Waals surface area contributed by atoms with Crippen LogP contribution in [0.2, 0.25) is 0 Å². The fourth-order valence-electron chi connectivity index (χ4n) is 6.00. The monoisotopic (exact) mass is 497 g/mol. The maximum atomic E-state index is 13.1. The lowest BCUT2D eigenvalue weighted by atomic mass is 9.83. The second-order valence-corrected chi connectivity index (χ2v) is 10.9. The van der Waals surface area contributed by atoms with Crippen molar-refractivity contribution < 1.29 is 19.5 Å². The summed E-state index contributed by atoms with van der Waals surface area (Å²) in [5.74, 6) is 0.481. The van der Waals surface area contributed by atoms with Gasteiger partial charge in [-0.3, -0.25) is 19.7 Å². The minimum absolute atomic E-state index is 0.00141. The highest BCUT2D eigenvalue weighted by atomic mass is 16.5. The molecule has 1 saturated heterocycles. The summed E-state index contributed by atoms with van der Waals surface area (Å²) >= 11 is 0. The van der Waals surface area contributed by atoms with Gasteiger partial charge in [0.2, 0.25) is 0 Å². The van der Waals surface area contributed by atoms with Crippen LogP contribution < -0.4 is 10.8 Å². The topological polar surface area (TPSA) is 90.9 Å². The first-order valence-corrected chi connectivity index (χ1v) is 14.0. The number of rotatable bonds is 10. The molecular formula is C29H43N3O4. The third kappa shape index (κ3) is 8.15. The number of nitrogens with one attached hydrogen (secondary N) is 2. The largest absolute Gasteiger partial charge is 0.461 e. The Balaban J connectivity index is 1.22. The van der Waals surface area contributed by atoms with Crippen molar-refractivity contribution in [1.29, 1.82) is 0 Å². The Bertz CT molecular complexity index is 852. The number of piperidine rings is 1. The molecule has 2 saturated carbocycles. The molecule has 2 aliphatic carbocycles. The van der Waals surface area contributed by atoms with Crippen LogP contribution in [0.5, 0.6) is 0 Å². The minimum Gasteiger partial charge on any atom is -0.461 e. The SMILES string of the molecule is O=C(C=Cc1ccc(CN2CCC(CN[C@H](C(=O)OC3CCCC3)C3CCCCC3)CC2)cc1)NO. The number of benzene rings is 1. The molecule has 0 unspecified atom stereocenters. The highest BCUT2D eigenvalue weighted by Gasteiger charge is 2.33. The molecule has 198 valence electrons. The summed E-state index contributed by atoms with van der Waals surface area (Å²) in [7, 11) is 0. The molecule has 3 aliphatic rings. The quantitative estimate of drug-likeness (QED) is 0.192. The summed E-state index contributed by atoms with van der Waals surface area (Å²) in [4.78, 5) is 26.7. The molecule has 0 bridgehead atoms. The number of likely N-dealkylation sites (tertiary alicyclic amines) is 1. The van der Waals surface area contributed by atoms with E-state index in [2.05, 4.69) is 22.3 Å². The second-order valence-electron chi connectivity index (χ2n) is 10.9. The Hall–Kier alpha value is -2.22. The zero-order valence-corrected chi connectivity index (χ0v) is 21.5. The van der Waals surface area contributed by atoms with Gasteiger partial charge < -0.3 is 10.1 Å². The minimum atomic E-state index is -0.535. The molecule has 3 fully saturated rings. The molecule has 7 heteroatoms. The van der Waals surface area contributed by atoms with Crippen LogP contribution in [0.25, 0.3) is 6.08 Å². The third-order valence-corrected chi connectivity index (χ3v) is 8.22. The van der Waals surface area contributed by atoms with E-state index in [0.717, 1.165) is 70.3 Å². The maximum absolute atomic E-state index is 13.1. The Morgan fingerprint density at radius 3 is 2.31 bits per heavy atom.